The van der Waals surface area contributed by atoms with Crippen LogP contribution in [0, 0.1) is 0 Å². The molecule has 0 fully saturated rings. The molecule has 2 aromatic heterocycles. The van der Waals surface area contributed by atoms with Crippen LogP contribution in [0.25, 0.3) is 11.4 Å². The maximum Gasteiger partial charge on any atom is 0.435 e. The van der Waals surface area contributed by atoms with E-state index in [-0.39, 0.29) is 12.1 Å². The van der Waals surface area contributed by atoms with E-state index in [9.17, 15) is 18.0 Å². The standard InChI is InChI=1S/C17H18F3N7O/c1-11(27-23-15(21-24-27)12-7-5-4-6-8-12)16(28)25(2)9-13-10-26(3)22-14(13)17(18,19)20/h4-8,10-11H,9H2,1-3H3. The second-order valence-electron chi connectivity index (χ2n) is 6.34. The summed E-state index contributed by atoms with van der Waals surface area (Å²) in [5.74, 6) is -0.0940. The zero-order valence-corrected chi connectivity index (χ0v) is 15.4. The number of tetrazole rings is 1. The Morgan fingerprint density at radius 2 is 1.89 bits per heavy atom. The Morgan fingerprint density at radius 3 is 2.54 bits per heavy atom. The van der Waals surface area contributed by atoms with Crippen molar-refractivity contribution in [2.75, 3.05) is 7.05 Å². The molecule has 0 N–H and O–H groups in total. The molecule has 11 heteroatoms. The minimum Gasteiger partial charge on any atom is -0.339 e. The number of hydrogen-bond acceptors (Lipinski definition) is 5. The number of likely N-dealkylation sites (N-methyl/N-ethyl adjacent to an activating group) is 1. The van der Waals surface area contributed by atoms with E-state index >= 15 is 0 Å². The lowest BCUT2D eigenvalue weighted by Crippen LogP contribution is -2.34. The summed E-state index contributed by atoms with van der Waals surface area (Å²) >= 11 is 0. The number of aromatic nitrogens is 6. The van der Waals surface area contributed by atoms with Gasteiger partial charge in [-0.1, -0.05) is 30.3 Å². The first-order valence-corrected chi connectivity index (χ1v) is 8.36. The van der Waals surface area contributed by atoms with Crippen LogP contribution in [0.2, 0.25) is 0 Å². The highest BCUT2D eigenvalue weighted by molar-refractivity contribution is 5.79. The normalized spacial score (nSPS) is 12.8. The third kappa shape index (κ3) is 4.02. The van der Waals surface area contributed by atoms with Crippen molar-refractivity contribution in [3.63, 3.8) is 0 Å². The van der Waals surface area contributed by atoms with E-state index in [4.69, 9.17) is 0 Å². The number of halogens is 3. The van der Waals surface area contributed by atoms with Gasteiger partial charge in [0.15, 0.2) is 5.69 Å². The van der Waals surface area contributed by atoms with Crippen molar-refractivity contribution < 1.29 is 18.0 Å². The SMILES string of the molecule is CC(C(=O)N(C)Cc1cn(C)nc1C(F)(F)F)n1nnc(-c2ccccc2)n1. The molecule has 3 aromatic rings. The fourth-order valence-electron chi connectivity index (χ4n) is 2.74. The van der Waals surface area contributed by atoms with Gasteiger partial charge >= 0.3 is 6.18 Å². The number of alkyl halides is 3. The lowest BCUT2D eigenvalue weighted by molar-refractivity contribution is -0.143. The Balaban J connectivity index is 1.75. The first kappa shape index (κ1) is 19.5. The Kier molecular flexibility index (Phi) is 5.16. The number of benzene rings is 1. The monoisotopic (exact) mass is 393 g/mol. The average molecular weight is 393 g/mol. The maximum atomic E-state index is 13.1. The van der Waals surface area contributed by atoms with Gasteiger partial charge in [-0.2, -0.15) is 23.1 Å². The molecular weight excluding hydrogens is 375 g/mol. The topological polar surface area (TPSA) is 81.7 Å². The van der Waals surface area contributed by atoms with Gasteiger partial charge in [0.25, 0.3) is 0 Å². The Bertz CT molecular complexity index is 965. The van der Waals surface area contributed by atoms with E-state index in [1.165, 1.54) is 25.2 Å². The number of carbonyl (C=O) groups is 1. The molecule has 1 unspecified atom stereocenters. The minimum atomic E-state index is -4.59. The molecule has 0 radical (unpaired) electrons. The summed E-state index contributed by atoms with van der Waals surface area (Å²) in [6.45, 7) is 1.31. The molecule has 28 heavy (non-hydrogen) atoms. The van der Waals surface area contributed by atoms with Crippen LogP contribution < -0.4 is 0 Å². The summed E-state index contributed by atoms with van der Waals surface area (Å²) in [7, 11) is 2.81. The van der Waals surface area contributed by atoms with Crippen molar-refractivity contribution in [2.24, 2.45) is 7.05 Å². The van der Waals surface area contributed by atoms with E-state index in [0.717, 1.165) is 15.0 Å². The highest BCUT2D eigenvalue weighted by atomic mass is 19.4. The van der Waals surface area contributed by atoms with Gasteiger partial charge in [-0.25, -0.2) is 0 Å². The molecule has 0 aliphatic carbocycles. The van der Waals surface area contributed by atoms with Gasteiger partial charge in [0.1, 0.15) is 6.04 Å². The Labute approximate surface area is 158 Å². The van der Waals surface area contributed by atoms with Gasteiger partial charge in [-0.3, -0.25) is 9.48 Å². The predicted octanol–water partition coefficient (Wildman–Crippen LogP) is 2.31. The minimum absolute atomic E-state index is 0.0884. The molecule has 1 aromatic carbocycles. The molecule has 2 heterocycles. The molecule has 0 saturated carbocycles. The number of aryl methyl sites for hydroxylation is 1. The molecule has 0 saturated heterocycles. The molecule has 3 rings (SSSR count). The van der Waals surface area contributed by atoms with Crippen LogP contribution in [0.1, 0.15) is 24.2 Å². The molecule has 0 bridgehead atoms. The molecular formula is C17H18F3N7O. The van der Waals surface area contributed by atoms with Gasteiger partial charge in [0, 0.05) is 38.0 Å². The zero-order chi connectivity index (χ0) is 20.5. The lowest BCUT2D eigenvalue weighted by Gasteiger charge is -2.20. The van der Waals surface area contributed by atoms with Crippen LogP contribution in [0.15, 0.2) is 36.5 Å². The van der Waals surface area contributed by atoms with Crippen molar-refractivity contribution in [1.82, 2.24) is 34.9 Å². The molecule has 1 amide bonds. The predicted molar refractivity (Wildman–Crippen MR) is 92.6 cm³/mol. The molecule has 8 nitrogen and oxygen atoms in total. The summed E-state index contributed by atoms with van der Waals surface area (Å²) in [5.41, 5.74) is -0.353. The van der Waals surface area contributed by atoms with Crippen LogP contribution in [0.3, 0.4) is 0 Å². The van der Waals surface area contributed by atoms with Crippen molar-refractivity contribution in [1.29, 1.82) is 0 Å². The third-order valence-corrected chi connectivity index (χ3v) is 4.12. The Hall–Kier alpha value is -3.24. The molecule has 1 atom stereocenters. The summed E-state index contributed by atoms with van der Waals surface area (Å²) in [6, 6.07) is 8.28. The van der Waals surface area contributed by atoms with E-state index in [2.05, 4.69) is 20.5 Å². The van der Waals surface area contributed by atoms with Gasteiger partial charge in [0.05, 0.1) is 0 Å². The van der Waals surface area contributed by atoms with Crippen LogP contribution in [-0.4, -0.2) is 47.8 Å². The van der Waals surface area contributed by atoms with Crippen molar-refractivity contribution >= 4 is 5.91 Å². The summed E-state index contributed by atoms with van der Waals surface area (Å²) in [5, 5.41) is 15.5. The van der Waals surface area contributed by atoms with E-state index < -0.39 is 23.8 Å². The maximum absolute atomic E-state index is 13.1. The first-order valence-electron chi connectivity index (χ1n) is 8.36. The van der Waals surface area contributed by atoms with Crippen LogP contribution in [-0.2, 0) is 24.6 Å². The average Bonchev–Trinajstić information content (AvgIpc) is 3.28. The largest absolute Gasteiger partial charge is 0.435 e. The Morgan fingerprint density at radius 1 is 1.21 bits per heavy atom. The summed E-state index contributed by atoms with van der Waals surface area (Å²) < 4.78 is 40.3. The van der Waals surface area contributed by atoms with Crippen LogP contribution in [0.4, 0.5) is 13.2 Å². The van der Waals surface area contributed by atoms with Gasteiger partial charge < -0.3 is 4.90 Å². The van der Waals surface area contributed by atoms with E-state index in [1.54, 1.807) is 19.1 Å². The number of carbonyl (C=O) groups excluding carboxylic acids is 1. The van der Waals surface area contributed by atoms with Crippen LogP contribution in [0.5, 0.6) is 0 Å². The fraction of sp³-hybridized carbons (Fsp3) is 0.353. The summed E-state index contributed by atoms with van der Waals surface area (Å²) in [4.78, 5) is 15.0. The number of nitrogens with zero attached hydrogens (tertiary/aromatic N) is 7. The highest BCUT2D eigenvalue weighted by Gasteiger charge is 2.37. The quantitative estimate of drug-likeness (QED) is 0.665. The van der Waals surface area contributed by atoms with Gasteiger partial charge in [-0.15, -0.1) is 10.2 Å². The molecule has 0 aliphatic rings. The van der Waals surface area contributed by atoms with E-state index in [1.807, 2.05) is 18.2 Å². The second kappa shape index (κ2) is 7.41. The number of hydrogen-bond donors (Lipinski definition) is 0. The number of amides is 1. The third-order valence-electron chi connectivity index (χ3n) is 4.12. The van der Waals surface area contributed by atoms with Crippen molar-refractivity contribution in [2.45, 2.75) is 25.7 Å². The molecule has 0 spiro atoms. The molecule has 148 valence electrons. The summed E-state index contributed by atoms with van der Waals surface area (Å²) in [6.07, 6.45) is -3.34. The first-order chi connectivity index (χ1) is 13.2. The van der Waals surface area contributed by atoms with Crippen LogP contribution >= 0.6 is 0 Å². The smallest absolute Gasteiger partial charge is 0.339 e. The van der Waals surface area contributed by atoms with Crippen molar-refractivity contribution in [3.05, 3.63) is 47.8 Å². The number of rotatable bonds is 5. The van der Waals surface area contributed by atoms with Crippen molar-refractivity contribution in [3.8, 4) is 11.4 Å². The zero-order valence-electron chi connectivity index (χ0n) is 15.4. The molecule has 0 aliphatic heterocycles. The van der Waals surface area contributed by atoms with E-state index in [0.29, 0.717) is 5.82 Å². The lowest BCUT2D eigenvalue weighted by atomic mass is 10.2. The highest BCUT2D eigenvalue weighted by Crippen LogP contribution is 2.31. The van der Waals surface area contributed by atoms with Gasteiger partial charge in [-0.05, 0) is 12.1 Å². The second-order valence-corrected chi connectivity index (χ2v) is 6.34. The fourth-order valence-corrected chi connectivity index (χ4v) is 2.74. The van der Waals surface area contributed by atoms with Gasteiger partial charge in [0.2, 0.25) is 11.7 Å².